The molecule has 0 aliphatic carbocycles. The van der Waals surface area contributed by atoms with Crippen LogP contribution in [0.3, 0.4) is 0 Å². The quantitative estimate of drug-likeness (QED) is 0.927. The predicted molar refractivity (Wildman–Crippen MR) is 84.5 cm³/mol. The molecule has 1 aromatic heterocycles. The Morgan fingerprint density at radius 1 is 1.14 bits per heavy atom. The highest BCUT2D eigenvalue weighted by atomic mass is 16.3. The van der Waals surface area contributed by atoms with E-state index in [1.54, 1.807) is 0 Å². The van der Waals surface area contributed by atoms with Gasteiger partial charge in [0.25, 0.3) is 0 Å². The summed E-state index contributed by atoms with van der Waals surface area (Å²) < 4.78 is 0. The average Bonchev–Trinajstić information content (AvgIpc) is 2.46. The molecule has 0 amide bonds. The zero-order valence-corrected chi connectivity index (χ0v) is 12.7. The first-order valence-electron chi connectivity index (χ1n) is 7.43. The van der Waals surface area contributed by atoms with Crippen LogP contribution in [0.25, 0.3) is 10.9 Å². The maximum absolute atomic E-state index is 9.89. The minimum Gasteiger partial charge on any atom is -0.389 e. The molecule has 0 unspecified atom stereocenters. The van der Waals surface area contributed by atoms with E-state index in [9.17, 15) is 5.11 Å². The van der Waals surface area contributed by atoms with E-state index in [1.165, 1.54) is 0 Å². The van der Waals surface area contributed by atoms with Crippen molar-refractivity contribution in [1.82, 2.24) is 14.9 Å². The molecule has 0 atom stereocenters. The number of fused-ring (bicyclic) bond motifs is 1. The number of β-amino-alcohol motifs (C(OH)–C–C–N with tert-alkyl or cyclic N) is 1. The lowest BCUT2D eigenvalue weighted by Crippen LogP contribution is -2.50. The highest BCUT2D eigenvalue weighted by Gasteiger charge is 2.23. The molecule has 112 valence electrons. The van der Waals surface area contributed by atoms with Gasteiger partial charge in [-0.25, -0.2) is 9.97 Å². The Kier molecular flexibility index (Phi) is 3.78. The zero-order chi connectivity index (χ0) is 14.9. The molecule has 1 fully saturated rings. The second-order valence-electron chi connectivity index (χ2n) is 6.30. The number of para-hydroxylation sites is 1. The Morgan fingerprint density at radius 3 is 2.57 bits per heavy atom. The van der Waals surface area contributed by atoms with E-state index >= 15 is 0 Å². The first-order chi connectivity index (χ1) is 10.0. The maximum Gasteiger partial charge on any atom is 0.225 e. The third-order valence-corrected chi connectivity index (χ3v) is 3.74. The van der Waals surface area contributed by atoms with Gasteiger partial charge in [-0.15, -0.1) is 0 Å². The van der Waals surface area contributed by atoms with Crippen LogP contribution in [-0.2, 0) is 0 Å². The number of benzene rings is 1. The molecule has 0 radical (unpaired) electrons. The van der Waals surface area contributed by atoms with Crippen molar-refractivity contribution in [2.75, 3.05) is 37.6 Å². The van der Waals surface area contributed by atoms with Gasteiger partial charge < -0.3 is 10.0 Å². The first kappa shape index (κ1) is 14.2. The zero-order valence-electron chi connectivity index (χ0n) is 12.7. The maximum atomic E-state index is 9.89. The second kappa shape index (κ2) is 5.58. The number of aliphatic hydroxyl groups is 1. The third-order valence-electron chi connectivity index (χ3n) is 3.74. The topological polar surface area (TPSA) is 52.5 Å². The summed E-state index contributed by atoms with van der Waals surface area (Å²) in [5.41, 5.74) is 0.350. The molecule has 1 saturated heterocycles. The van der Waals surface area contributed by atoms with E-state index in [1.807, 2.05) is 44.3 Å². The number of piperazine rings is 1. The van der Waals surface area contributed by atoms with Gasteiger partial charge in [-0.2, -0.15) is 0 Å². The fourth-order valence-electron chi connectivity index (χ4n) is 2.77. The molecule has 0 bridgehead atoms. The van der Waals surface area contributed by atoms with Gasteiger partial charge in [0.1, 0.15) is 0 Å². The molecule has 1 aliphatic rings. The van der Waals surface area contributed by atoms with Gasteiger partial charge in [0, 0.05) is 44.3 Å². The normalized spacial score (nSPS) is 17.4. The Balaban J connectivity index is 1.68. The number of anilines is 1. The van der Waals surface area contributed by atoms with Gasteiger partial charge in [0.05, 0.1) is 11.1 Å². The number of rotatable bonds is 3. The highest BCUT2D eigenvalue weighted by Crippen LogP contribution is 2.17. The van der Waals surface area contributed by atoms with Crippen molar-refractivity contribution < 1.29 is 5.11 Å². The Morgan fingerprint density at radius 2 is 1.86 bits per heavy atom. The molecule has 5 heteroatoms. The van der Waals surface area contributed by atoms with Crippen molar-refractivity contribution in [3.8, 4) is 0 Å². The van der Waals surface area contributed by atoms with Crippen LogP contribution in [0, 0.1) is 0 Å². The van der Waals surface area contributed by atoms with Crippen LogP contribution in [0.4, 0.5) is 5.95 Å². The lowest BCUT2D eigenvalue weighted by atomic mass is 10.1. The summed E-state index contributed by atoms with van der Waals surface area (Å²) in [7, 11) is 0. The Bertz CT molecular complexity index is 615. The summed E-state index contributed by atoms with van der Waals surface area (Å²) in [5, 5.41) is 11.0. The largest absolute Gasteiger partial charge is 0.389 e. The number of hydrogen-bond donors (Lipinski definition) is 1. The summed E-state index contributed by atoms with van der Waals surface area (Å²) in [4.78, 5) is 13.6. The fourth-order valence-corrected chi connectivity index (χ4v) is 2.77. The highest BCUT2D eigenvalue weighted by molar-refractivity contribution is 5.78. The number of aromatic nitrogens is 2. The lowest BCUT2D eigenvalue weighted by Gasteiger charge is -2.37. The molecule has 2 heterocycles. The number of nitrogens with zero attached hydrogens (tertiary/aromatic N) is 4. The molecule has 3 rings (SSSR count). The Hall–Kier alpha value is -1.72. The molecule has 2 aromatic rings. The molecule has 0 spiro atoms. The SMILES string of the molecule is CC(C)(O)CN1CCN(c2ncc3ccccc3n2)CC1. The summed E-state index contributed by atoms with van der Waals surface area (Å²) in [6, 6.07) is 8.05. The molecular formula is C16H22N4O. The second-order valence-corrected chi connectivity index (χ2v) is 6.30. The molecule has 1 aromatic carbocycles. The van der Waals surface area contributed by atoms with E-state index in [4.69, 9.17) is 0 Å². The van der Waals surface area contributed by atoms with Crippen LogP contribution < -0.4 is 4.90 Å². The predicted octanol–water partition coefficient (Wildman–Crippen LogP) is 1.52. The fraction of sp³-hybridized carbons (Fsp3) is 0.500. The van der Waals surface area contributed by atoms with Crippen LogP contribution in [-0.4, -0.2) is 58.3 Å². The van der Waals surface area contributed by atoms with E-state index in [2.05, 4.69) is 19.8 Å². The van der Waals surface area contributed by atoms with E-state index < -0.39 is 5.60 Å². The Labute approximate surface area is 125 Å². The summed E-state index contributed by atoms with van der Waals surface area (Å²) >= 11 is 0. The summed E-state index contributed by atoms with van der Waals surface area (Å²) in [6.07, 6.45) is 1.89. The minimum atomic E-state index is -0.637. The lowest BCUT2D eigenvalue weighted by molar-refractivity contribution is 0.0344. The monoisotopic (exact) mass is 286 g/mol. The van der Waals surface area contributed by atoms with Crippen molar-refractivity contribution in [2.24, 2.45) is 0 Å². The first-order valence-corrected chi connectivity index (χ1v) is 7.43. The van der Waals surface area contributed by atoms with Gasteiger partial charge in [-0.3, -0.25) is 4.90 Å². The number of hydrogen-bond acceptors (Lipinski definition) is 5. The van der Waals surface area contributed by atoms with Crippen LogP contribution in [0.5, 0.6) is 0 Å². The van der Waals surface area contributed by atoms with Gasteiger partial charge in [-0.05, 0) is 19.9 Å². The van der Waals surface area contributed by atoms with Gasteiger partial charge in [0.15, 0.2) is 0 Å². The van der Waals surface area contributed by atoms with Crippen molar-refractivity contribution in [2.45, 2.75) is 19.4 Å². The smallest absolute Gasteiger partial charge is 0.225 e. The van der Waals surface area contributed by atoms with E-state index in [0.717, 1.165) is 43.0 Å². The van der Waals surface area contributed by atoms with Crippen molar-refractivity contribution >= 4 is 16.9 Å². The van der Waals surface area contributed by atoms with E-state index in [-0.39, 0.29) is 0 Å². The van der Waals surface area contributed by atoms with Crippen LogP contribution in [0.15, 0.2) is 30.5 Å². The summed E-state index contributed by atoms with van der Waals surface area (Å²) in [5.74, 6) is 0.802. The molecule has 0 saturated carbocycles. The minimum absolute atomic E-state index is 0.637. The standard InChI is InChI=1S/C16H22N4O/c1-16(2,21)12-19-7-9-20(10-8-19)15-17-11-13-5-3-4-6-14(13)18-15/h3-6,11,21H,7-10,12H2,1-2H3. The van der Waals surface area contributed by atoms with E-state index in [0.29, 0.717) is 6.54 Å². The summed E-state index contributed by atoms with van der Waals surface area (Å²) in [6.45, 7) is 8.07. The van der Waals surface area contributed by atoms with Gasteiger partial charge in [0.2, 0.25) is 5.95 Å². The van der Waals surface area contributed by atoms with Crippen LogP contribution in [0.1, 0.15) is 13.8 Å². The third kappa shape index (κ3) is 3.49. The molecule has 5 nitrogen and oxygen atoms in total. The molecular weight excluding hydrogens is 264 g/mol. The van der Waals surface area contributed by atoms with Gasteiger partial charge >= 0.3 is 0 Å². The van der Waals surface area contributed by atoms with Gasteiger partial charge in [-0.1, -0.05) is 18.2 Å². The molecule has 21 heavy (non-hydrogen) atoms. The van der Waals surface area contributed by atoms with Crippen molar-refractivity contribution in [3.63, 3.8) is 0 Å². The van der Waals surface area contributed by atoms with Crippen LogP contribution in [0.2, 0.25) is 0 Å². The average molecular weight is 286 g/mol. The van der Waals surface area contributed by atoms with Crippen molar-refractivity contribution in [3.05, 3.63) is 30.5 Å². The molecule has 1 aliphatic heterocycles. The van der Waals surface area contributed by atoms with Crippen LogP contribution >= 0.6 is 0 Å². The van der Waals surface area contributed by atoms with Crippen molar-refractivity contribution in [1.29, 1.82) is 0 Å². The molecule has 1 N–H and O–H groups in total.